The zero-order chi connectivity index (χ0) is 20.3. The Bertz CT molecular complexity index is 884. The smallest absolute Gasteiger partial charge is 0.146 e. The molecular formula is C21H22Cl2FN3O. The van der Waals surface area contributed by atoms with Crippen molar-refractivity contribution < 1.29 is 9.23 Å². The monoisotopic (exact) mass is 421 g/mol. The molecule has 1 atom stereocenters. The van der Waals surface area contributed by atoms with Crippen LogP contribution in [0.3, 0.4) is 0 Å². The average molecular weight is 422 g/mol. The van der Waals surface area contributed by atoms with Crippen LogP contribution in [0.15, 0.2) is 36.4 Å². The van der Waals surface area contributed by atoms with Gasteiger partial charge in [-0.25, -0.2) is 4.39 Å². The Kier molecular flexibility index (Phi) is 6.79. The molecule has 0 N–H and O–H groups in total. The molecule has 0 bridgehead atoms. The van der Waals surface area contributed by atoms with Gasteiger partial charge in [0.1, 0.15) is 11.9 Å². The van der Waals surface area contributed by atoms with E-state index in [9.17, 15) is 4.39 Å². The second-order valence-electron chi connectivity index (χ2n) is 7.09. The van der Waals surface area contributed by atoms with Crippen LogP contribution in [0.5, 0.6) is 0 Å². The SMILES string of the molecule is CC(C)N1C[C@@H](N(Cc2cccc(Cl)c2F)c2ccc(C#N)c(Cl)c2)CCO1. The number of hydroxylamine groups is 2. The van der Waals surface area contributed by atoms with E-state index in [1.807, 2.05) is 11.1 Å². The highest BCUT2D eigenvalue weighted by Gasteiger charge is 2.29. The molecule has 3 rings (SSSR count). The van der Waals surface area contributed by atoms with E-state index in [1.54, 1.807) is 24.3 Å². The lowest BCUT2D eigenvalue weighted by atomic mass is 10.1. The van der Waals surface area contributed by atoms with Crippen molar-refractivity contribution in [3.8, 4) is 6.07 Å². The number of rotatable bonds is 5. The highest BCUT2D eigenvalue weighted by atomic mass is 35.5. The van der Waals surface area contributed by atoms with Crippen molar-refractivity contribution in [3.05, 3.63) is 63.4 Å². The lowest BCUT2D eigenvalue weighted by Gasteiger charge is -2.41. The van der Waals surface area contributed by atoms with Crippen LogP contribution in [0.1, 0.15) is 31.4 Å². The van der Waals surface area contributed by atoms with Gasteiger partial charge in [0.25, 0.3) is 0 Å². The maximum absolute atomic E-state index is 14.6. The van der Waals surface area contributed by atoms with Crippen LogP contribution in [0.4, 0.5) is 10.1 Å². The predicted molar refractivity (Wildman–Crippen MR) is 110 cm³/mol. The first-order valence-electron chi connectivity index (χ1n) is 9.19. The molecule has 0 radical (unpaired) electrons. The van der Waals surface area contributed by atoms with Gasteiger partial charge in [-0.05, 0) is 44.5 Å². The molecule has 2 aromatic carbocycles. The van der Waals surface area contributed by atoms with E-state index >= 15 is 0 Å². The fraction of sp³-hybridized carbons (Fsp3) is 0.381. The summed E-state index contributed by atoms with van der Waals surface area (Å²) in [5.41, 5.74) is 1.75. The van der Waals surface area contributed by atoms with E-state index in [0.717, 1.165) is 12.1 Å². The highest BCUT2D eigenvalue weighted by Crippen LogP contribution is 2.30. The Hall–Kier alpha value is -1.84. The summed E-state index contributed by atoms with van der Waals surface area (Å²) in [6.45, 7) is 5.74. The predicted octanol–water partition coefficient (Wildman–Crippen LogP) is 5.43. The largest absolute Gasteiger partial charge is 0.363 e. The lowest BCUT2D eigenvalue weighted by molar-refractivity contribution is -0.203. The van der Waals surface area contributed by atoms with Gasteiger partial charge in [0.2, 0.25) is 0 Å². The number of benzene rings is 2. The molecule has 7 heteroatoms. The molecule has 0 saturated carbocycles. The van der Waals surface area contributed by atoms with Crippen molar-refractivity contribution >= 4 is 28.9 Å². The molecule has 1 aliphatic rings. The van der Waals surface area contributed by atoms with Gasteiger partial charge in [-0.15, -0.1) is 0 Å². The second-order valence-corrected chi connectivity index (χ2v) is 7.90. The summed E-state index contributed by atoms with van der Waals surface area (Å²) in [5, 5.41) is 11.6. The van der Waals surface area contributed by atoms with Crippen LogP contribution in [-0.2, 0) is 11.4 Å². The minimum atomic E-state index is -0.415. The van der Waals surface area contributed by atoms with Crippen molar-refractivity contribution in [2.75, 3.05) is 18.1 Å². The molecule has 1 saturated heterocycles. The zero-order valence-electron chi connectivity index (χ0n) is 15.8. The number of anilines is 1. The van der Waals surface area contributed by atoms with Gasteiger partial charge >= 0.3 is 0 Å². The Balaban J connectivity index is 1.97. The van der Waals surface area contributed by atoms with Gasteiger partial charge in [0, 0.05) is 36.4 Å². The van der Waals surface area contributed by atoms with Crippen LogP contribution in [-0.4, -0.2) is 30.3 Å². The third-order valence-electron chi connectivity index (χ3n) is 4.89. The van der Waals surface area contributed by atoms with Crippen LogP contribution >= 0.6 is 23.2 Å². The molecule has 0 aromatic heterocycles. The fourth-order valence-corrected chi connectivity index (χ4v) is 3.74. The third kappa shape index (κ3) is 4.59. The van der Waals surface area contributed by atoms with E-state index in [-0.39, 0.29) is 17.1 Å². The standard InChI is InChI=1S/C21H22Cl2FN3O/c1-14(2)27-13-18(8-9-28-27)26(12-16-4-3-5-19(22)21(16)24)17-7-6-15(11-25)20(23)10-17/h3-7,10,14,18H,8-9,12-13H2,1-2H3/t18-/m0/s1. The molecule has 0 spiro atoms. The molecule has 1 aliphatic heterocycles. The van der Waals surface area contributed by atoms with Gasteiger partial charge in [0.05, 0.1) is 22.2 Å². The quantitative estimate of drug-likeness (QED) is 0.645. The van der Waals surface area contributed by atoms with Crippen LogP contribution in [0.25, 0.3) is 0 Å². The normalized spacial score (nSPS) is 17.5. The maximum atomic E-state index is 14.6. The van der Waals surface area contributed by atoms with Gasteiger partial charge in [0.15, 0.2) is 0 Å². The molecule has 0 amide bonds. The summed E-state index contributed by atoms with van der Waals surface area (Å²) in [7, 11) is 0. The minimum absolute atomic E-state index is 0.0959. The molecule has 28 heavy (non-hydrogen) atoms. The molecular weight excluding hydrogens is 400 g/mol. The maximum Gasteiger partial charge on any atom is 0.146 e. The van der Waals surface area contributed by atoms with Gasteiger partial charge in [-0.1, -0.05) is 35.3 Å². The van der Waals surface area contributed by atoms with Crippen LogP contribution in [0, 0.1) is 17.1 Å². The Labute approximate surface area is 175 Å². The molecule has 0 aliphatic carbocycles. The van der Waals surface area contributed by atoms with Crippen LogP contribution < -0.4 is 4.90 Å². The summed E-state index contributed by atoms with van der Waals surface area (Å²) < 4.78 is 14.6. The van der Waals surface area contributed by atoms with Gasteiger partial charge in [-0.3, -0.25) is 4.84 Å². The molecule has 2 aromatic rings. The summed E-state index contributed by atoms with van der Waals surface area (Å²) in [5.74, 6) is -0.415. The first kappa shape index (κ1) is 20.9. The Morgan fingerprint density at radius 2 is 2.07 bits per heavy atom. The number of halogens is 3. The first-order chi connectivity index (χ1) is 13.4. The van der Waals surface area contributed by atoms with Crippen molar-refractivity contribution in [1.29, 1.82) is 5.26 Å². The summed E-state index contributed by atoms with van der Waals surface area (Å²) >= 11 is 12.3. The Morgan fingerprint density at radius 3 is 2.75 bits per heavy atom. The average Bonchev–Trinajstić information content (AvgIpc) is 2.69. The van der Waals surface area contributed by atoms with Crippen molar-refractivity contribution in [1.82, 2.24) is 5.06 Å². The summed E-state index contributed by atoms with van der Waals surface area (Å²) in [4.78, 5) is 7.86. The molecule has 4 nitrogen and oxygen atoms in total. The van der Waals surface area contributed by atoms with Crippen molar-refractivity contribution in [2.24, 2.45) is 0 Å². The molecule has 0 unspecified atom stereocenters. The lowest BCUT2D eigenvalue weighted by Crippen LogP contribution is -2.50. The van der Waals surface area contributed by atoms with Gasteiger partial charge < -0.3 is 4.90 Å². The third-order valence-corrected chi connectivity index (χ3v) is 5.50. The number of hydrogen-bond acceptors (Lipinski definition) is 4. The molecule has 1 heterocycles. The van der Waals surface area contributed by atoms with Crippen molar-refractivity contribution in [3.63, 3.8) is 0 Å². The van der Waals surface area contributed by atoms with E-state index in [2.05, 4.69) is 24.8 Å². The van der Waals surface area contributed by atoms with Crippen molar-refractivity contribution in [2.45, 2.75) is 38.9 Å². The Morgan fingerprint density at radius 1 is 1.29 bits per heavy atom. The summed E-state index contributed by atoms with van der Waals surface area (Å²) in [6, 6.07) is 12.7. The fourth-order valence-electron chi connectivity index (χ4n) is 3.33. The second kappa shape index (κ2) is 9.11. The number of nitrogens with zero attached hydrogens (tertiary/aromatic N) is 3. The van der Waals surface area contributed by atoms with E-state index in [4.69, 9.17) is 33.3 Å². The topological polar surface area (TPSA) is 39.5 Å². The number of hydrogen-bond donors (Lipinski definition) is 0. The molecule has 1 fully saturated rings. The van der Waals surface area contributed by atoms with E-state index < -0.39 is 5.82 Å². The highest BCUT2D eigenvalue weighted by molar-refractivity contribution is 6.32. The van der Waals surface area contributed by atoms with Gasteiger partial charge in [-0.2, -0.15) is 10.3 Å². The minimum Gasteiger partial charge on any atom is -0.363 e. The number of nitriles is 1. The molecule has 148 valence electrons. The van der Waals surface area contributed by atoms with E-state index in [0.29, 0.717) is 35.8 Å². The van der Waals surface area contributed by atoms with E-state index in [1.165, 1.54) is 6.07 Å². The van der Waals surface area contributed by atoms with Crippen LogP contribution in [0.2, 0.25) is 10.0 Å². The zero-order valence-corrected chi connectivity index (χ0v) is 17.3. The summed E-state index contributed by atoms with van der Waals surface area (Å²) in [6.07, 6.45) is 0.795. The first-order valence-corrected chi connectivity index (χ1v) is 9.95.